The molecule has 0 bridgehead atoms. The molecule has 0 heterocycles. The zero-order chi connectivity index (χ0) is 22.3. The molecule has 11 atom stereocenters. The first kappa shape index (κ1) is 22.2. The van der Waals surface area contributed by atoms with Gasteiger partial charge in [-0.25, -0.2) is 0 Å². The van der Waals surface area contributed by atoms with Crippen LogP contribution in [0.2, 0.25) is 0 Å². The summed E-state index contributed by atoms with van der Waals surface area (Å²) in [7, 11) is 1.99. The van der Waals surface area contributed by atoms with Gasteiger partial charge in [0.05, 0.1) is 12.2 Å². The van der Waals surface area contributed by atoms with Crippen LogP contribution in [0.1, 0.15) is 85.5 Å². The number of methoxy groups -OCH3 is 1. The molecule has 0 aromatic carbocycles. The Morgan fingerprint density at radius 2 is 1.84 bits per heavy atom. The van der Waals surface area contributed by atoms with Gasteiger partial charge in [-0.05, 0) is 111 Å². The van der Waals surface area contributed by atoms with Gasteiger partial charge in [0.2, 0.25) is 0 Å². The minimum atomic E-state index is -0.302. The smallest absolute Gasteiger partial charge is 0.0638 e. The van der Waals surface area contributed by atoms with Crippen molar-refractivity contribution >= 4 is 0 Å². The molecule has 0 unspecified atom stereocenters. The summed E-state index contributed by atoms with van der Waals surface area (Å²) in [6, 6.07) is 0. The van der Waals surface area contributed by atoms with Gasteiger partial charge >= 0.3 is 0 Å². The van der Waals surface area contributed by atoms with E-state index in [0.29, 0.717) is 40.6 Å². The van der Waals surface area contributed by atoms with Gasteiger partial charge in [0.25, 0.3) is 0 Å². The van der Waals surface area contributed by atoms with E-state index in [1.807, 2.05) is 14.0 Å². The molecule has 0 radical (unpaired) electrons. The summed E-state index contributed by atoms with van der Waals surface area (Å²) in [5.41, 5.74) is 3.41. The number of rotatable bonds is 6. The molecule has 2 heteroatoms. The quantitative estimate of drug-likeness (QED) is 0.474. The maximum atomic E-state index is 11.1. The molecule has 31 heavy (non-hydrogen) atoms. The molecule has 1 spiro atoms. The highest BCUT2D eigenvalue weighted by molar-refractivity contribution is 5.26. The van der Waals surface area contributed by atoms with E-state index >= 15 is 0 Å². The fourth-order valence-electron chi connectivity index (χ4n) is 10.4. The van der Waals surface area contributed by atoms with Crippen LogP contribution in [0.5, 0.6) is 0 Å². The lowest BCUT2D eigenvalue weighted by Crippen LogP contribution is -2.57. The Hall–Kier alpha value is -0.600. The summed E-state index contributed by atoms with van der Waals surface area (Å²) in [6.07, 6.45) is 11.9. The Labute approximate surface area is 190 Å². The summed E-state index contributed by atoms with van der Waals surface area (Å²) in [4.78, 5) is 0. The fourth-order valence-corrected chi connectivity index (χ4v) is 10.4. The molecule has 0 saturated heterocycles. The lowest BCUT2D eigenvalue weighted by molar-refractivity contribution is -0.162. The molecule has 174 valence electrons. The van der Waals surface area contributed by atoms with Crippen LogP contribution >= 0.6 is 0 Å². The van der Waals surface area contributed by atoms with E-state index in [1.165, 1.54) is 51.4 Å². The molecule has 0 aliphatic heterocycles. The van der Waals surface area contributed by atoms with Crippen LogP contribution in [0.25, 0.3) is 0 Å². The van der Waals surface area contributed by atoms with Crippen molar-refractivity contribution in [3.63, 3.8) is 0 Å². The average molecular weight is 427 g/mol. The molecule has 2 nitrogen and oxygen atoms in total. The molecule has 1 N–H and O–H groups in total. The van der Waals surface area contributed by atoms with Crippen molar-refractivity contribution in [3.05, 3.63) is 24.3 Å². The van der Waals surface area contributed by atoms with Gasteiger partial charge in [0.15, 0.2) is 0 Å². The number of allylic oxidation sites excluding steroid dienone is 1. The van der Waals surface area contributed by atoms with Gasteiger partial charge in [-0.1, -0.05) is 45.1 Å². The molecular formula is C29H46O2. The van der Waals surface area contributed by atoms with Crippen LogP contribution in [0.15, 0.2) is 24.3 Å². The monoisotopic (exact) mass is 426 g/mol. The maximum absolute atomic E-state index is 11.1. The highest BCUT2D eigenvalue weighted by Gasteiger charge is 2.77. The summed E-state index contributed by atoms with van der Waals surface area (Å²) in [5, 5.41) is 11.1. The van der Waals surface area contributed by atoms with Crippen molar-refractivity contribution in [2.24, 2.45) is 51.8 Å². The second-order valence-electron chi connectivity index (χ2n) is 13.0. The number of hydrogen-bond donors (Lipinski definition) is 1. The van der Waals surface area contributed by atoms with Crippen molar-refractivity contribution in [2.75, 3.05) is 7.11 Å². The zero-order valence-electron chi connectivity index (χ0n) is 20.8. The molecule has 0 aromatic rings. The lowest BCUT2D eigenvalue weighted by Gasteiger charge is -2.61. The second-order valence-corrected chi connectivity index (χ2v) is 13.0. The molecule has 0 amide bonds. The third kappa shape index (κ3) is 2.82. The molecule has 5 aliphatic carbocycles. The van der Waals surface area contributed by atoms with Crippen LogP contribution < -0.4 is 0 Å². The third-order valence-electron chi connectivity index (χ3n) is 12.2. The van der Waals surface area contributed by atoms with Gasteiger partial charge < -0.3 is 9.84 Å². The van der Waals surface area contributed by atoms with E-state index in [0.717, 1.165) is 34.8 Å². The fraction of sp³-hybridized carbons (Fsp3) is 0.862. The topological polar surface area (TPSA) is 29.5 Å². The first-order valence-electron chi connectivity index (χ1n) is 13.1. The van der Waals surface area contributed by atoms with Crippen LogP contribution in [0.3, 0.4) is 0 Å². The Bertz CT molecular complexity index is 771. The third-order valence-corrected chi connectivity index (χ3v) is 12.2. The summed E-state index contributed by atoms with van der Waals surface area (Å²) >= 11 is 0. The van der Waals surface area contributed by atoms with Gasteiger partial charge in [0, 0.05) is 12.5 Å². The summed E-state index contributed by atoms with van der Waals surface area (Å²) < 4.78 is 6.27. The Morgan fingerprint density at radius 1 is 1.10 bits per heavy atom. The highest BCUT2D eigenvalue weighted by Crippen LogP contribution is 2.82. The lowest BCUT2D eigenvalue weighted by atomic mass is 9.45. The van der Waals surface area contributed by atoms with Crippen LogP contribution in [-0.4, -0.2) is 24.4 Å². The number of aliphatic hydroxyl groups is 1. The second kappa shape index (κ2) is 7.20. The van der Waals surface area contributed by atoms with E-state index < -0.39 is 0 Å². The molecule has 5 rings (SSSR count). The normalized spacial score (nSPS) is 51.8. The molecular weight excluding hydrogens is 380 g/mol. The van der Waals surface area contributed by atoms with Crippen molar-refractivity contribution in [2.45, 2.75) is 97.7 Å². The standard InChI is InChI=1S/C29H46O2/c1-17(2)18(3)14-25(30)19(4)22-8-9-23-21-15-26(31-7)29-16-20(29)10-13-28(29,6)24(21)11-12-27(22,23)5/h19-26,30H,1,3,8-16H2,2,4-7H3/t19-,20-,21-,22+,23-,24-,25+,26+,27+,28+,29-/m0/s1. The Balaban J connectivity index is 1.38. The molecule has 5 saturated carbocycles. The van der Waals surface area contributed by atoms with Crippen molar-refractivity contribution in [1.82, 2.24) is 0 Å². The van der Waals surface area contributed by atoms with Crippen molar-refractivity contribution in [1.29, 1.82) is 0 Å². The number of hydrogen-bond acceptors (Lipinski definition) is 2. The minimum absolute atomic E-state index is 0.302. The number of fused-ring (bicyclic) bond motifs is 4. The first-order chi connectivity index (χ1) is 14.6. The van der Waals surface area contributed by atoms with Gasteiger partial charge in [0.1, 0.15) is 0 Å². The van der Waals surface area contributed by atoms with Gasteiger partial charge in [-0.3, -0.25) is 0 Å². The zero-order valence-corrected chi connectivity index (χ0v) is 20.8. The van der Waals surface area contributed by atoms with Gasteiger partial charge in [-0.15, -0.1) is 0 Å². The minimum Gasteiger partial charge on any atom is -0.392 e. The van der Waals surface area contributed by atoms with E-state index in [1.54, 1.807) is 0 Å². The SMILES string of the molecule is C=C(C)C(=C)C[C@@H](O)[C@@H](C)[C@H]1CC[C@H]2[C@@H]3C[C@@H](OC)[C@]45C[C@@H]4CC[C@]5(C)[C@H]3CC[C@]12C. The van der Waals surface area contributed by atoms with Gasteiger partial charge in [-0.2, -0.15) is 0 Å². The molecule has 5 aliphatic rings. The summed E-state index contributed by atoms with van der Waals surface area (Å²) in [5.74, 6) is 4.41. The largest absolute Gasteiger partial charge is 0.392 e. The first-order valence-corrected chi connectivity index (χ1v) is 13.1. The molecule has 5 fully saturated rings. The Morgan fingerprint density at radius 3 is 2.48 bits per heavy atom. The highest BCUT2D eigenvalue weighted by atomic mass is 16.5. The Kier molecular flexibility index (Phi) is 5.16. The maximum Gasteiger partial charge on any atom is 0.0638 e. The van der Waals surface area contributed by atoms with Crippen LogP contribution in [-0.2, 0) is 4.74 Å². The average Bonchev–Trinajstić information content (AvgIpc) is 3.24. The van der Waals surface area contributed by atoms with E-state index in [-0.39, 0.29) is 6.10 Å². The van der Waals surface area contributed by atoms with E-state index in [9.17, 15) is 5.11 Å². The summed E-state index contributed by atoms with van der Waals surface area (Å²) in [6.45, 7) is 17.7. The molecule has 0 aromatic heterocycles. The predicted octanol–water partition coefficient (Wildman–Crippen LogP) is 6.79. The van der Waals surface area contributed by atoms with Crippen molar-refractivity contribution in [3.8, 4) is 0 Å². The number of aliphatic hydroxyl groups excluding tert-OH is 1. The van der Waals surface area contributed by atoms with E-state index in [2.05, 4.69) is 33.9 Å². The number of ether oxygens (including phenoxy) is 1. The van der Waals surface area contributed by atoms with Crippen LogP contribution in [0, 0.1) is 51.8 Å². The predicted molar refractivity (Wildman–Crippen MR) is 128 cm³/mol. The van der Waals surface area contributed by atoms with Crippen molar-refractivity contribution < 1.29 is 9.84 Å². The van der Waals surface area contributed by atoms with E-state index in [4.69, 9.17) is 4.74 Å². The van der Waals surface area contributed by atoms with Crippen LogP contribution in [0.4, 0.5) is 0 Å².